The molecule has 35 heavy (non-hydrogen) atoms. The molecule has 0 aliphatic carbocycles. The van der Waals surface area contributed by atoms with Gasteiger partial charge in [0.2, 0.25) is 5.91 Å². The Labute approximate surface area is 205 Å². The van der Waals surface area contributed by atoms with Crippen molar-refractivity contribution in [3.05, 3.63) is 65.5 Å². The molecule has 3 amide bonds. The Bertz CT molecular complexity index is 1050. The highest BCUT2D eigenvalue weighted by Gasteiger charge is 2.38. The first-order chi connectivity index (χ1) is 17.0. The van der Waals surface area contributed by atoms with Crippen LogP contribution in [-0.4, -0.2) is 73.8 Å². The number of hydrogen-bond acceptors (Lipinski definition) is 4. The number of urea groups is 1. The summed E-state index contributed by atoms with van der Waals surface area (Å²) in [4.78, 5) is 28.8. The van der Waals surface area contributed by atoms with E-state index in [1.54, 1.807) is 7.11 Å². The van der Waals surface area contributed by atoms with Crippen molar-refractivity contribution in [3.8, 4) is 5.75 Å². The highest BCUT2D eigenvalue weighted by atomic mass is 19.1. The van der Waals surface area contributed by atoms with Crippen molar-refractivity contribution < 1.29 is 23.5 Å². The van der Waals surface area contributed by atoms with Crippen LogP contribution in [-0.2, 0) is 9.53 Å². The molecule has 3 aliphatic rings. The van der Waals surface area contributed by atoms with Gasteiger partial charge >= 0.3 is 6.03 Å². The number of ether oxygens (including phenoxy) is 2. The number of amides is 3. The van der Waals surface area contributed by atoms with Gasteiger partial charge in [0.25, 0.3) is 0 Å². The molecule has 2 aromatic rings. The van der Waals surface area contributed by atoms with Gasteiger partial charge < -0.3 is 24.6 Å². The Kier molecular flexibility index (Phi) is 6.90. The summed E-state index contributed by atoms with van der Waals surface area (Å²) >= 11 is 0. The SMILES string of the molecule is COc1cccc([C@H](c2ccc(F)cc2)C2CCN(C(=O)N3CC[C@@H]4OCC(=O)N[C@@H]4C3)CC2)c1. The Morgan fingerprint density at radius 1 is 1.06 bits per heavy atom. The molecule has 0 aromatic heterocycles. The lowest BCUT2D eigenvalue weighted by Gasteiger charge is -2.44. The van der Waals surface area contributed by atoms with Gasteiger partial charge in [-0.2, -0.15) is 0 Å². The van der Waals surface area contributed by atoms with Gasteiger partial charge in [-0.3, -0.25) is 4.79 Å². The minimum absolute atomic E-state index is 0.0122. The Balaban J connectivity index is 1.27. The highest BCUT2D eigenvalue weighted by molar-refractivity contribution is 5.79. The van der Waals surface area contributed by atoms with Crippen molar-refractivity contribution in [2.24, 2.45) is 5.92 Å². The van der Waals surface area contributed by atoms with Gasteiger partial charge in [0.05, 0.1) is 19.3 Å². The maximum absolute atomic E-state index is 13.7. The second kappa shape index (κ2) is 10.2. The van der Waals surface area contributed by atoms with E-state index in [1.807, 2.05) is 34.1 Å². The summed E-state index contributed by atoms with van der Waals surface area (Å²) in [5.41, 5.74) is 2.20. The van der Waals surface area contributed by atoms with Crippen LogP contribution < -0.4 is 10.1 Å². The summed E-state index contributed by atoms with van der Waals surface area (Å²) in [6.45, 7) is 2.55. The number of hydrogen-bond donors (Lipinski definition) is 1. The smallest absolute Gasteiger partial charge is 0.320 e. The largest absolute Gasteiger partial charge is 0.497 e. The number of rotatable bonds is 4. The van der Waals surface area contributed by atoms with Gasteiger partial charge in [-0.25, -0.2) is 9.18 Å². The van der Waals surface area contributed by atoms with Gasteiger partial charge in [0.1, 0.15) is 18.2 Å². The van der Waals surface area contributed by atoms with Crippen molar-refractivity contribution >= 4 is 11.9 Å². The van der Waals surface area contributed by atoms with E-state index in [0.717, 1.165) is 36.1 Å². The third-order valence-corrected chi connectivity index (χ3v) is 7.56. The van der Waals surface area contributed by atoms with Crippen LogP contribution in [0.4, 0.5) is 9.18 Å². The van der Waals surface area contributed by atoms with Crippen molar-refractivity contribution in [1.29, 1.82) is 0 Å². The standard InChI is InChI=1S/C27H32FN3O4/c1-34-22-4-2-3-20(15-22)26(18-5-7-21(28)8-6-18)19-9-12-30(13-10-19)27(33)31-14-11-24-23(16-31)29-25(32)17-35-24/h2-8,15,19,23-24,26H,9-14,16-17H2,1H3,(H,29,32)/t23-,24+,26-/m1/s1. The molecule has 3 atom stereocenters. The van der Waals surface area contributed by atoms with E-state index in [-0.39, 0.29) is 42.4 Å². The number of nitrogens with one attached hydrogen (secondary N) is 1. The number of nitrogens with zero attached hydrogens (tertiary/aromatic N) is 2. The summed E-state index contributed by atoms with van der Waals surface area (Å²) in [6.07, 6.45) is 2.42. The second-order valence-corrected chi connectivity index (χ2v) is 9.67. The van der Waals surface area contributed by atoms with E-state index >= 15 is 0 Å². The van der Waals surface area contributed by atoms with Gasteiger partial charge in [0.15, 0.2) is 0 Å². The van der Waals surface area contributed by atoms with Crippen molar-refractivity contribution in [3.63, 3.8) is 0 Å². The molecular formula is C27H32FN3O4. The molecule has 3 fully saturated rings. The minimum atomic E-state index is -0.248. The van der Waals surface area contributed by atoms with E-state index in [9.17, 15) is 14.0 Å². The first-order valence-corrected chi connectivity index (χ1v) is 12.4. The Morgan fingerprint density at radius 2 is 1.80 bits per heavy atom. The molecule has 0 unspecified atom stereocenters. The number of benzene rings is 2. The molecule has 0 spiro atoms. The van der Waals surface area contributed by atoms with Gasteiger partial charge in [-0.1, -0.05) is 24.3 Å². The number of carbonyl (C=O) groups is 2. The minimum Gasteiger partial charge on any atom is -0.497 e. The highest BCUT2D eigenvalue weighted by Crippen LogP contribution is 2.39. The Morgan fingerprint density at radius 3 is 2.54 bits per heavy atom. The molecule has 2 aromatic carbocycles. The van der Waals surface area contributed by atoms with Crippen LogP contribution in [0.25, 0.3) is 0 Å². The van der Waals surface area contributed by atoms with E-state index in [1.165, 1.54) is 12.1 Å². The van der Waals surface area contributed by atoms with Crippen LogP contribution in [0.2, 0.25) is 0 Å². The number of morpholine rings is 1. The molecule has 3 saturated heterocycles. The normalized spacial score (nSPS) is 23.9. The summed E-state index contributed by atoms with van der Waals surface area (Å²) in [7, 11) is 1.66. The maximum Gasteiger partial charge on any atom is 0.320 e. The summed E-state index contributed by atoms with van der Waals surface area (Å²) in [6, 6.07) is 14.7. The number of methoxy groups -OCH3 is 1. The number of piperidine rings is 2. The zero-order valence-corrected chi connectivity index (χ0v) is 20.0. The predicted molar refractivity (Wildman–Crippen MR) is 129 cm³/mol. The zero-order valence-electron chi connectivity index (χ0n) is 20.0. The van der Waals surface area contributed by atoms with Crippen molar-refractivity contribution in [1.82, 2.24) is 15.1 Å². The van der Waals surface area contributed by atoms with E-state index < -0.39 is 0 Å². The summed E-state index contributed by atoms with van der Waals surface area (Å²) in [5.74, 6) is 0.832. The monoisotopic (exact) mass is 481 g/mol. The van der Waals surface area contributed by atoms with Gasteiger partial charge in [0, 0.05) is 32.1 Å². The van der Waals surface area contributed by atoms with Crippen LogP contribution in [0.3, 0.4) is 0 Å². The van der Waals surface area contributed by atoms with E-state index in [0.29, 0.717) is 32.1 Å². The van der Waals surface area contributed by atoms with E-state index in [2.05, 4.69) is 17.4 Å². The molecule has 3 aliphatic heterocycles. The predicted octanol–water partition coefficient (Wildman–Crippen LogP) is 3.39. The maximum atomic E-state index is 13.7. The van der Waals surface area contributed by atoms with Gasteiger partial charge in [-0.15, -0.1) is 0 Å². The number of fused-ring (bicyclic) bond motifs is 1. The first-order valence-electron chi connectivity index (χ1n) is 12.4. The molecule has 186 valence electrons. The van der Waals surface area contributed by atoms with Crippen LogP contribution >= 0.6 is 0 Å². The summed E-state index contributed by atoms with van der Waals surface area (Å²) < 4.78 is 24.7. The molecule has 0 saturated carbocycles. The quantitative estimate of drug-likeness (QED) is 0.727. The molecule has 5 rings (SSSR count). The van der Waals surface area contributed by atoms with Crippen molar-refractivity contribution in [2.75, 3.05) is 39.9 Å². The molecule has 0 radical (unpaired) electrons. The first kappa shape index (κ1) is 23.6. The fraction of sp³-hybridized carbons (Fsp3) is 0.481. The fourth-order valence-electron chi connectivity index (χ4n) is 5.74. The lowest BCUT2D eigenvalue weighted by Crippen LogP contribution is -2.62. The Hall–Kier alpha value is -3.13. The molecule has 0 bridgehead atoms. The topological polar surface area (TPSA) is 71.1 Å². The molecule has 1 N–H and O–H groups in total. The number of likely N-dealkylation sites (tertiary alicyclic amines) is 2. The van der Waals surface area contributed by atoms with Crippen LogP contribution in [0.1, 0.15) is 36.3 Å². The van der Waals surface area contributed by atoms with Gasteiger partial charge in [-0.05, 0) is 60.6 Å². The van der Waals surface area contributed by atoms with Crippen LogP contribution in [0.5, 0.6) is 5.75 Å². The third kappa shape index (κ3) is 5.12. The third-order valence-electron chi connectivity index (χ3n) is 7.56. The van der Waals surface area contributed by atoms with Crippen LogP contribution in [0.15, 0.2) is 48.5 Å². The lowest BCUT2D eigenvalue weighted by atomic mass is 9.76. The number of carbonyl (C=O) groups excluding carboxylic acids is 2. The number of halogens is 1. The molecular weight excluding hydrogens is 449 g/mol. The molecule has 3 heterocycles. The molecule has 8 heteroatoms. The molecule has 7 nitrogen and oxygen atoms in total. The fourth-order valence-corrected chi connectivity index (χ4v) is 5.74. The zero-order chi connectivity index (χ0) is 24.4. The van der Waals surface area contributed by atoms with Crippen LogP contribution in [0, 0.1) is 11.7 Å². The second-order valence-electron chi connectivity index (χ2n) is 9.67. The average molecular weight is 482 g/mol. The summed E-state index contributed by atoms with van der Waals surface area (Å²) in [5, 5.41) is 2.96. The average Bonchev–Trinajstić information content (AvgIpc) is 2.89. The van der Waals surface area contributed by atoms with Crippen molar-refractivity contribution in [2.45, 2.75) is 37.3 Å². The van der Waals surface area contributed by atoms with E-state index in [4.69, 9.17) is 9.47 Å². The lowest BCUT2D eigenvalue weighted by molar-refractivity contribution is -0.139.